The van der Waals surface area contributed by atoms with Crippen LogP contribution in [-0.2, 0) is 6.54 Å². The SMILES string of the molecule is CC1(C)C(CNCc2cccnc2C#N)C1(C)C. The van der Waals surface area contributed by atoms with Crippen LogP contribution >= 0.6 is 0 Å². The Bertz CT molecular complexity index is 469. The van der Waals surface area contributed by atoms with E-state index in [-0.39, 0.29) is 0 Å². The fraction of sp³-hybridized carbons (Fsp3) is 0.600. The minimum absolute atomic E-state index is 0.410. The second-order valence-corrected chi connectivity index (χ2v) is 6.25. The molecule has 1 aliphatic rings. The van der Waals surface area contributed by atoms with E-state index < -0.39 is 0 Å². The predicted molar refractivity (Wildman–Crippen MR) is 71.7 cm³/mol. The van der Waals surface area contributed by atoms with Crippen molar-refractivity contribution in [3.8, 4) is 6.07 Å². The molecule has 0 radical (unpaired) electrons. The van der Waals surface area contributed by atoms with Crippen LogP contribution in [0.25, 0.3) is 0 Å². The molecule has 18 heavy (non-hydrogen) atoms. The van der Waals surface area contributed by atoms with Crippen LogP contribution in [0.4, 0.5) is 0 Å². The number of hydrogen-bond acceptors (Lipinski definition) is 3. The van der Waals surface area contributed by atoms with Gasteiger partial charge in [0.15, 0.2) is 0 Å². The summed E-state index contributed by atoms with van der Waals surface area (Å²) < 4.78 is 0. The molecule has 0 atom stereocenters. The minimum Gasteiger partial charge on any atom is -0.312 e. The van der Waals surface area contributed by atoms with E-state index in [4.69, 9.17) is 5.26 Å². The Hall–Kier alpha value is -1.40. The minimum atomic E-state index is 0.410. The largest absolute Gasteiger partial charge is 0.312 e. The number of hydrogen-bond donors (Lipinski definition) is 1. The zero-order valence-electron chi connectivity index (χ0n) is 11.6. The van der Waals surface area contributed by atoms with Gasteiger partial charge in [0, 0.05) is 18.3 Å². The second-order valence-electron chi connectivity index (χ2n) is 6.25. The molecule has 1 N–H and O–H groups in total. The van der Waals surface area contributed by atoms with E-state index in [9.17, 15) is 0 Å². The van der Waals surface area contributed by atoms with E-state index in [0.717, 1.165) is 18.7 Å². The Morgan fingerprint density at radius 1 is 1.33 bits per heavy atom. The molecule has 0 unspecified atom stereocenters. The molecule has 96 valence electrons. The van der Waals surface area contributed by atoms with E-state index in [1.807, 2.05) is 12.1 Å². The second kappa shape index (κ2) is 4.37. The molecule has 1 aromatic heterocycles. The fourth-order valence-electron chi connectivity index (χ4n) is 2.88. The first-order valence-electron chi connectivity index (χ1n) is 6.46. The van der Waals surface area contributed by atoms with Crippen molar-refractivity contribution in [1.82, 2.24) is 10.3 Å². The Kier molecular flexibility index (Phi) is 3.16. The highest BCUT2D eigenvalue weighted by atomic mass is 14.9. The average Bonchev–Trinajstić information content (AvgIpc) is 2.72. The standard InChI is InChI=1S/C15H21N3/c1-14(2)13(15(14,3)4)10-17-9-11-6-5-7-18-12(11)8-16/h5-7,13,17H,9-10H2,1-4H3. The van der Waals surface area contributed by atoms with Gasteiger partial charge in [0.25, 0.3) is 0 Å². The van der Waals surface area contributed by atoms with Gasteiger partial charge in [0.1, 0.15) is 11.8 Å². The van der Waals surface area contributed by atoms with Crippen molar-refractivity contribution in [2.45, 2.75) is 34.2 Å². The number of nitrogens with one attached hydrogen (secondary N) is 1. The topological polar surface area (TPSA) is 48.7 Å². The number of nitriles is 1. The summed E-state index contributed by atoms with van der Waals surface area (Å²) in [5.41, 5.74) is 2.33. The molecule has 1 aromatic rings. The summed E-state index contributed by atoms with van der Waals surface area (Å²) in [6.07, 6.45) is 1.66. The zero-order valence-corrected chi connectivity index (χ0v) is 11.6. The van der Waals surface area contributed by atoms with Crippen LogP contribution in [-0.4, -0.2) is 11.5 Å². The van der Waals surface area contributed by atoms with Crippen molar-refractivity contribution in [2.75, 3.05) is 6.54 Å². The molecule has 0 saturated heterocycles. The number of rotatable bonds is 4. The Labute approximate surface area is 109 Å². The van der Waals surface area contributed by atoms with Gasteiger partial charge >= 0.3 is 0 Å². The molecule has 3 nitrogen and oxygen atoms in total. The van der Waals surface area contributed by atoms with Gasteiger partial charge in [-0.3, -0.25) is 0 Å². The molecular formula is C15H21N3. The lowest BCUT2D eigenvalue weighted by Gasteiger charge is -2.07. The van der Waals surface area contributed by atoms with Crippen molar-refractivity contribution < 1.29 is 0 Å². The average molecular weight is 243 g/mol. The first-order chi connectivity index (χ1) is 8.41. The summed E-state index contributed by atoms with van der Waals surface area (Å²) in [5.74, 6) is 0.701. The molecule has 3 heteroatoms. The number of aromatic nitrogens is 1. The van der Waals surface area contributed by atoms with Gasteiger partial charge in [-0.15, -0.1) is 0 Å². The highest BCUT2D eigenvalue weighted by Gasteiger charge is 2.63. The highest BCUT2D eigenvalue weighted by Crippen LogP contribution is 2.67. The first kappa shape index (κ1) is 13.0. The van der Waals surface area contributed by atoms with Gasteiger partial charge in [0.05, 0.1) is 0 Å². The van der Waals surface area contributed by atoms with Crippen molar-refractivity contribution in [1.29, 1.82) is 5.26 Å². The van der Waals surface area contributed by atoms with Crippen molar-refractivity contribution in [2.24, 2.45) is 16.7 Å². The van der Waals surface area contributed by atoms with E-state index in [1.54, 1.807) is 6.20 Å². The molecule has 1 aliphatic carbocycles. The molecule has 0 aliphatic heterocycles. The van der Waals surface area contributed by atoms with Crippen molar-refractivity contribution >= 4 is 0 Å². The maximum atomic E-state index is 8.97. The van der Waals surface area contributed by atoms with Gasteiger partial charge in [-0.05, 0) is 29.4 Å². The summed E-state index contributed by atoms with van der Waals surface area (Å²) >= 11 is 0. The number of pyridine rings is 1. The van der Waals surface area contributed by atoms with Gasteiger partial charge in [0.2, 0.25) is 0 Å². The molecule has 0 aromatic carbocycles. The third-order valence-electron chi connectivity index (χ3n) is 4.98. The van der Waals surface area contributed by atoms with Crippen molar-refractivity contribution in [3.05, 3.63) is 29.6 Å². The van der Waals surface area contributed by atoms with Crippen LogP contribution in [0.15, 0.2) is 18.3 Å². The van der Waals surface area contributed by atoms with Crippen LogP contribution in [0.3, 0.4) is 0 Å². The Morgan fingerprint density at radius 3 is 2.56 bits per heavy atom. The molecule has 0 spiro atoms. The van der Waals surface area contributed by atoms with E-state index in [1.165, 1.54) is 0 Å². The van der Waals surface area contributed by atoms with E-state index >= 15 is 0 Å². The normalized spacial score (nSPS) is 20.4. The highest BCUT2D eigenvalue weighted by molar-refractivity contribution is 5.30. The quantitative estimate of drug-likeness (QED) is 0.884. The van der Waals surface area contributed by atoms with Crippen LogP contribution in [0.2, 0.25) is 0 Å². The third-order valence-corrected chi connectivity index (χ3v) is 4.98. The van der Waals surface area contributed by atoms with Gasteiger partial charge in [-0.2, -0.15) is 5.26 Å². The first-order valence-corrected chi connectivity index (χ1v) is 6.46. The summed E-state index contributed by atoms with van der Waals surface area (Å²) in [6.45, 7) is 11.0. The zero-order chi connectivity index (χ0) is 13.4. The molecule has 0 bridgehead atoms. The van der Waals surface area contributed by atoms with Gasteiger partial charge < -0.3 is 5.32 Å². The van der Waals surface area contributed by atoms with E-state index in [0.29, 0.717) is 22.4 Å². The lowest BCUT2D eigenvalue weighted by molar-refractivity contribution is 0.457. The van der Waals surface area contributed by atoms with E-state index in [2.05, 4.69) is 44.1 Å². The Morgan fingerprint density at radius 2 is 2.00 bits per heavy atom. The molecule has 1 fully saturated rings. The van der Waals surface area contributed by atoms with Crippen LogP contribution in [0.5, 0.6) is 0 Å². The maximum Gasteiger partial charge on any atom is 0.144 e. The smallest absolute Gasteiger partial charge is 0.144 e. The number of nitrogens with zero attached hydrogens (tertiary/aromatic N) is 2. The van der Waals surface area contributed by atoms with Crippen LogP contribution in [0.1, 0.15) is 39.0 Å². The molecular weight excluding hydrogens is 222 g/mol. The summed E-state index contributed by atoms with van der Waals surface area (Å²) in [6, 6.07) is 5.97. The van der Waals surface area contributed by atoms with Crippen molar-refractivity contribution in [3.63, 3.8) is 0 Å². The lowest BCUT2D eigenvalue weighted by atomic mass is 10.0. The maximum absolute atomic E-state index is 8.97. The summed E-state index contributed by atoms with van der Waals surface area (Å²) in [4.78, 5) is 4.07. The monoisotopic (exact) mass is 243 g/mol. The molecule has 2 rings (SSSR count). The third kappa shape index (κ3) is 2.02. The van der Waals surface area contributed by atoms with Crippen LogP contribution in [0, 0.1) is 28.1 Å². The predicted octanol–water partition coefficient (Wildman–Crippen LogP) is 2.73. The van der Waals surface area contributed by atoms with Crippen LogP contribution < -0.4 is 5.32 Å². The molecule has 0 amide bonds. The van der Waals surface area contributed by atoms with Gasteiger partial charge in [-0.25, -0.2) is 4.98 Å². The summed E-state index contributed by atoms with van der Waals surface area (Å²) in [7, 11) is 0. The van der Waals surface area contributed by atoms with Gasteiger partial charge in [-0.1, -0.05) is 33.8 Å². The Balaban J connectivity index is 1.89. The summed E-state index contributed by atoms with van der Waals surface area (Å²) in [5, 5.41) is 12.4. The fourth-order valence-corrected chi connectivity index (χ4v) is 2.88. The lowest BCUT2D eigenvalue weighted by Crippen LogP contribution is -2.19. The molecule has 1 saturated carbocycles. The molecule has 1 heterocycles.